The smallest absolute Gasteiger partial charge is 0.257 e. The van der Waals surface area contributed by atoms with Gasteiger partial charge in [0.05, 0.1) is 10.4 Å². The molecule has 1 N–H and O–H groups in total. The lowest BCUT2D eigenvalue weighted by molar-refractivity contribution is 0.0688. The third-order valence-corrected chi connectivity index (χ3v) is 5.73. The number of hydrogen-bond donors (Lipinski definition) is 1. The predicted molar refractivity (Wildman–Crippen MR) is 103 cm³/mol. The zero-order valence-electron chi connectivity index (χ0n) is 14.1. The van der Waals surface area contributed by atoms with Crippen molar-refractivity contribution in [3.63, 3.8) is 0 Å². The van der Waals surface area contributed by atoms with Crippen molar-refractivity contribution in [3.8, 4) is 0 Å². The molecule has 4 heteroatoms. The molecule has 1 aliphatic rings. The van der Waals surface area contributed by atoms with Crippen molar-refractivity contribution in [1.82, 2.24) is 4.90 Å². The number of aryl methyl sites for hydroxylation is 1. The molecule has 1 aromatic heterocycles. The number of anilines is 1. The summed E-state index contributed by atoms with van der Waals surface area (Å²) in [7, 11) is 0. The summed E-state index contributed by atoms with van der Waals surface area (Å²) in [5, 5.41) is 5.66. The van der Waals surface area contributed by atoms with Gasteiger partial charge in [0, 0.05) is 12.2 Å². The highest BCUT2D eigenvalue weighted by atomic mass is 32.1. The molecule has 4 rings (SSSR count). The molecule has 1 atom stereocenters. The van der Waals surface area contributed by atoms with Gasteiger partial charge in [-0.05, 0) is 48.1 Å². The Hall–Kier alpha value is -2.59. The van der Waals surface area contributed by atoms with E-state index in [0.29, 0.717) is 6.54 Å². The van der Waals surface area contributed by atoms with Crippen LogP contribution in [0.25, 0.3) is 0 Å². The van der Waals surface area contributed by atoms with E-state index in [4.69, 9.17) is 0 Å². The van der Waals surface area contributed by atoms with Gasteiger partial charge >= 0.3 is 0 Å². The molecule has 126 valence electrons. The van der Waals surface area contributed by atoms with E-state index in [0.717, 1.165) is 17.7 Å². The monoisotopic (exact) mass is 348 g/mol. The average molecular weight is 348 g/mol. The Morgan fingerprint density at radius 2 is 1.80 bits per heavy atom. The summed E-state index contributed by atoms with van der Waals surface area (Å²) in [6.07, 6.45) is 0.739. The average Bonchev–Trinajstić information content (AvgIpc) is 3.07. The van der Waals surface area contributed by atoms with Gasteiger partial charge < -0.3 is 10.2 Å². The minimum atomic E-state index is -0.105. The van der Waals surface area contributed by atoms with Crippen LogP contribution in [0.5, 0.6) is 0 Å². The van der Waals surface area contributed by atoms with Gasteiger partial charge in [0.2, 0.25) is 0 Å². The number of benzene rings is 2. The molecule has 0 spiro atoms. The molecule has 0 radical (unpaired) electrons. The van der Waals surface area contributed by atoms with Crippen LogP contribution in [0.1, 0.15) is 32.5 Å². The molecule has 3 aromatic rings. The zero-order valence-corrected chi connectivity index (χ0v) is 14.9. The van der Waals surface area contributed by atoms with Crippen molar-refractivity contribution in [2.24, 2.45) is 0 Å². The maximum atomic E-state index is 13.1. The lowest BCUT2D eigenvalue weighted by Crippen LogP contribution is -2.43. The number of nitrogens with one attached hydrogen (secondary N) is 1. The Bertz CT molecular complexity index is 888. The fourth-order valence-electron chi connectivity index (χ4n) is 3.29. The van der Waals surface area contributed by atoms with Crippen molar-refractivity contribution < 1.29 is 4.79 Å². The Balaban J connectivity index is 1.67. The van der Waals surface area contributed by atoms with Crippen molar-refractivity contribution in [2.45, 2.75) is 19.5 Å². The maximum absolute atomic E-state index is 13.1. The van der Waals surface area contributed by atoms with E-state index >= 15 is 0 Å². The highest BCUT2D eigenvalue weighted by molar-refractivity contribution is 7.10. The van der Waals surface area contributed by atoms with Crippen LogP contribution in [0.4, 0.5) is 5.69 Å². The number of para-hydroxylation sites is 1. The first-order valence-electron chi connectivity index (χ1n) is 8.48. The number of amides is 1. The number of carbonyl (C=O) groups is 1. The van der Waals surface area contributed by atoms with Crippen LogP contribution in [0.2, 0.25) is 0 Å². The summed E-state index contributed by atoms with van der Waals surface area (Å²) in [6.45, 7) is 2.79. The van der Waals surface area contributed by atoms with Crippen LogP contribution in [0, 0.1) is 6.92 Å². The second-order valence-electron chi connectivity index (χ2n) is 6.29. The van der Waals surface area contributed by atoms with Gasteiger partial charge in [0.25, 0.3) is 5.91 Å². The van der Waals surface area contributed by atoms with Gasteiger partial charge in [0.1, 0.15) is 6.17 Å². The molecule has 0 fully saturated rings. The largest absolute Gasteiger partial charge is 0.360 e. The second-order valence-corrected chi connectivity index (χ2v) is 7.24. The molecule has 2 heterocycles. The van der Waals surface area contributed by atoms with Crippen molar-refractivity contribution in [2.75, 3.05) is 11.9 Å². The van der Waals surface area contributed by atoms with E-state index in [2.05, 4.69) is 35.8 Å². The molecule has 0 bridgehead atoms. The molecule has 2 aromatic carbocycles. The van der Waals surface area contributed by atoms with Crippen LogP contribution >= 0.6 is 11.3 Å². The van der Waals surface area contributed by atoms with Gasteiger partial charge in [-0.3, -0.25) is 4.79 Å². The normalized spacial score (nSPS) is 16.4. The summed E-state index contributed by atoms with van der Waals surface area (Å²) >= 11 is 1.70. The van der Waals surface area contributed by atoms with Crippen molar-refractivity contribution >= 4 is 22.9 Å². The summed E-state index contributed by atoms with van der Waals surface area (Å²) < 4.78 is 0. The number of carbonyl (C=O) groups excluding carboxylic acids is 1. The van der Waals surface area contributed by atoms with E-state index in [1.807, 2.05) is 47.4 Å². The van der Waals surface area contributed by atoms with Gasteiger partial charge in [0.15, 0.2) is 0 Å². The first-order chi connectivity index (χ1) is 12.2. The molecule has 0 saturated carbocycles. The minimum Gasteiger partial charge on any atom is -0.360 e. The van der Waals surface area contributed by atoms with E-state index in [1.165, 1.54) is 16.0 Å². The Labute approximate surface area is 151 Å². The first kappa shape index (κ1) is 15.9. The number of nitrogens with zero attached hydrogens (tertiary/aromatic N) is 1. The van der Waals surface area contributed by atoms with Crippen LogP contribution in [0.15, 0.2) is 66.0 Å². The SMILES string of the molecule is Cc1ccsc1C1Nc2ccccc2C(=O)N1CCc1ccccc1. The Morgan fingerprint density at radius 3 is 2.56 bits per heavy atom. The third-order valence-electron chi connectivity index (χ3n) is 4.66. The van der Waals surface area contributed by atoms with Crippen LogP contribution in [-0.2, 0) is 6.42 Å². The van der Waals surface area contributed by atoms with Crippen LogP contribution in [0.3, 0.4) is 0 Å². The lowest BCUT2D eigenvalue weighted by Gasteiger charge is -2.38. The molecule has 1 unspecified atom stereocenters. The molecule has 1 aliphatic heterocycles. The Morgan fingerprint density at radius 1 is 1.04 bits per heavy atom. The summed E-state index contributed by atoms with van der Waals surface area (Å²) in [5.74, 6) is 0.100. The molecule has 25 heavy (non-hydrogen) atoms. The molecular weight excluding hydrogens is 328 g/mol. The van der Waals surface area contributed by atoms with E-state index in [-0.39, 0.29) is 12.1 Å². The second kappa shape index (κ2) is 6.73. The highest BCUT2D eigenvalue weighted by Gasteiger charge is 2.33. The number of hydrogen-bond acceptors (Lipinski definition) is 3. The fourth-order valence-corrected chi connectivity index (χ4v) is 4.28. The molecule has 0 aliphatic carbocycles. The molecule has 1 amide bonds. The lowest BCUT2D eigenvalue weighted by atomic mass is 10.0. The minimum absolute atomic E-state index is 0.100. The summed E-state index contributed by atoms with van der Waals surface area (Å²) in [6, 6.07) is 20.2. The molecular formula is C21H20N2OS. The summed E-state index contributed by atoms with van der Waals surface area (Å²) in [4.78, 5) is 16.3. The fraction of sp³-hybridized carbons (Fsp3) is 0.190. The van der Waals surface area contributed by atoms with Crippen LogP contribution < -0.4 is 5.32 Å². The topological polar surface area (TPSA) is 32.3 Å². The number of fused-ring (bicyclic) bond motifs is 1. The summed E-state index contributed by atoms with van der Waals surface area (Å²) in [5.41, 5.74) is 4.14. The highest BCUT2D eigenvalue weighted by Crippen LogP contribution is 2.36. The zero-order chi connectivity index (χ0) is 17.2. The van der Waals surface area contributed by atoms with Crippen LogP contribution in [-0.4, -0.2) is 17.4 Å². The Kier molecular flexibility index (Phi) is 4.28. The van der Waals surface area contributed by atoms with E-state index in [1.54, 1.807) is 11.3 Å². The molecule has 0 saturated heterocycles. The quantitative estimate of drug-likeness (QED) is 0.730. The predicted octanol–water partition coefficient (Wildman–Crippen LogP) is 4.87. The van der Waals surface area contributed by atoms with Gasteiger partial charge in [-0.1, -0.05) is 42.5 Å². The first-order valence-corrected chi connectivity index (χ1v) is 9.36. The van der Waals surface area contributed by atoms with E-state index in [9.17, 15) is 4.79 Å². The van der Waals surface area contributed by atoms with Gasteiger partial charge in [-0.15, -0.1) is 11.3 Å². The number of thiophene rings is 1. The maximum Gasteiger partial charge on any atom is 0.257 e. The van der Waals surface area contributed by atoms with Gasteiger partial charge in [-0.25, -0.2) is 0 Å². The van der Waals surface area contributed by atoms with E-state index < -0.39 is 0 Å². The molecule has 3 nitrogen and oxygen atoms in total. The number of rotatable bonds is 4. The van der Waals surface area contributed by atoms with Crippen molar-refractivity contribution in [1.29, 1.82) is 0 Å². The standard InChI is InChI=1S/C21H20N2OS/c1-15-12-14-25-19(15)20-22-18-10-6-5-9-17(18)21(24)23(20)13-11-16-7-3-2-4-8-16/h2-10,12,14,20,22H,11,13H2,1H3. The van der Waals surface area contributed by atoms with Crippen molar-refractivity contribution in [3.05, 3.63) is 87.6 Å². The van der Waals surface area contributed by atoms with Gasteiger partial charge in [-0.2, -0.15) is 0 Å². The third kappa shape index (κ3) is 3.05.